The number of carbonyl (C=O) groups is 1. The molecule has 4 saturated carbocycles. The molecule has 1 aromatic rings. The van der Waals surface area contributed by atoms with Crippen molar-refractivity contribution in [1.29, 1.82) is 0 Å². The average Bonchev–Trinajstić information content (AvgIpc) is 2.51. The third kappa shape index (κ3) is 3.86. The lowest BCUT2D eigenvalue weighted by Crippen LogP contribution is -2.56. The summed E-state index contributed by atoms with van der Waals surface area (Å²) in [5, 5.41) is 13.6. The molecule has 2 N–H and O–H groups in total. The summed E-state index contributed by atoms with van der Waals surface area (Å²) in [4.78, 5) is 12.5. The van der Waals surface area contributed by atoms with Crippen molar-refractivity contribution in [2.45, 2.75) is 63.1 Å². The molecule has 5 rings (SSSR count). The van der Waals surface area contributed by atoms with Gasteiger partial charge in [0.1, 0.15) is 0 Å². The van der Waals surface area contributed by atoms with E-state index in [2.05, 4.69) is 5.32 Å². The van der Waals surface area contributed by atoms with Gasteiger partial charge in [0, 0.05) is 13.0 Å². The molecular formula is C21H26F3NO2. The van der Waals surface area contributed by atoms with Crippen LogP contribution in [0.5, 0.6) is 0 Å². The van der Waals surface area contributed by atoms with E-state index in [1.54, 1.807) is 6.07 Å². The molecule has 0 aromatic heterocycles. The Labute approximate surface area is 157 Å². The molecule has 0 saturated heterocycles. The second-order valence-corrected chi connectivity index (χ2v) is 9.12. The van der Waals surface area contributed by atoms with E-state index in [0.29, 0.717) is 24.7 Å². The van der Waals surface area contributed by atoms with Gasteiger partial charge in [0.15, 0.2) is 0 Å². The predicted molar refractivity (Wildman–Crippen MR) is 94.8 cm³/mol. The van der Waals surface area contributed by atoms with E-state index in [-0.39, 0.29) is 29.9 Å². The molecule has 0 aliphatic heterocycles. The summed E-state index contributed by atoms with van der Waals surface area (Å²) in [5.41, 5.74) is -1.15. The highest BCUT2D eigenvalue weighted by Crippen LogP contribution is 2.62. The van der Waals surface area contributed by atoms with Gasteiger partial charge in [-0.2, -0.15) is 13.2 Å². The molecule has 4 aliphatic rings. The van der Waals surface area contributed by atoms with E-state index in [0.717, 1.165) is 31.7 Å². The molecule has 6 heteroatoms. The summed E-state index contributed by atoms with van der Waals surface area (Å²) in [5.74, 6) is 0.926. The molecule has 3 nitrogen and oxygen atoms in total. The molecule has 1 aromatic carbocycles. The van der Waals surface area contributed by atoms with Crippen LogP contribution in [-0.4, -0.2) is 23.2 Å². The zero-order chi connectivity index (χ0) is 19.3. The largest absolute Gasteiger partial charge is 0.416 e. The van der Waals surface area contributed by atoms with Crippen molar-refractivity contribution in [2.75, 3.05) is 6.54 Å². The minimum Gasteiger partial charge on any atom is -0.390 e. The smallest absolute Gasteiger partial charge is 0.390 e. The molecule has 4 bridgehead atoms. The van der Waals surface area contributed by atoms with Crippen molar-refractivity contribution in [3.05, 3.63) is 35.4 Å². The Morgan fingerprint density at radius 1 is 1.15 bits per heavy atom. The van der Waals surface area contributed by atoms with Crippen molar-refractivity contribution in [1.82, 2.24) is 5.32 Å². The number of alkyl halides is 3. The molecule has 4 atom stereocenters. The van der Waals surface area contributed by atoms with Crippen molar-refractivity contribution >= 4 is 5.91 Å². The second-order valence-electron chi connectivity index (χ2n) is 9.12. The highest BCUT2D eigenvalue weighted by atomic mass is 19.4. The van der Waals surface area contributed by atoms with Gasteiger partial charge in [0.2, 0.25) is 5.91 Å². The fourth-order valence-corrected chi connectivity index (χ4v) is 6.36. The van der Waals surface area contributed by atoms with E-state index in [9.17, 15) is 23.1 Å². The number of carbonyl (C=O) groups excluding carboxylic acids is 1. The van der Waals surface area contributed by atoms with Crippen LogP contribution < -0.4 is 5.32 Å². The number of aliphatic hydroxyl groups is 1. The van der Waals surface area contributed by atoms with Crippen molar-refractivity contribution in [3.8, 4) is 0 Å². The number of hydrogen-bond donors (Lipinski definition) is 2. The van der Waals surface area contributed by atoms with Gasteiger partial charge in [-0.05, 0) is 73.8 Å². The number of nitrogens with one attached hydrogen (secondary N) is 1. The van der Waals surface area contributed by atoms with E-state index in [4.69, 9.17) is 0 Å². The highest BCUT2D eigenvalue weighted by Gasteiger charge is 2.57. The Morgan fingerprint density at radius 3 is 2.44 bits per heavy atom. The summed E-state index contributed by atoms with van der Waals surface area (Å²) in [7, 11) is 0. The fourth-order valence-electron chi connectivity index (χ4n) is 6.36. The molecular weight excluding hydrogens is 355 g/mol. The first-order valence-electron chi connectivity index (χ1n) is 9.81. The Balaban J connectivity index is 1.34. The van der Waals surface area contributed by atoms with Crippen molar-refractivity contribution in [2.24, 2.45) is 17.3 Å². The van der Waals surface area contributed by atoms with E-state index < -0.39 is 17.3 Å². The Hall–Kier alpha value is -1.56. The number of halogens is 3. The van der Waals surface area contributed by atoms with Gasteiger partial charge in [0.05, 0.1) is 11.2 Å². The number of benzene rings is 1. The van der Waals surface area contributed by atoms with Gasteiger partial charge < -0.3 is 10.4 Å². The SMILES string of the molecule is O=C(CC12C[C@@H]3C[C@@H](CC(O)(C3)C1)C2)NCCc1ccccc1C(F)(F)F. The van der Waals surface area contributed by atoms with Crippen LogP contribution in [-0.2, 0) is 17.4 Å². The lowest BCUT2D eigenvalue weighted by molar-refractivity contribution is -0.169. The quantitative estimate of drug-likeness (QED) is 0.807. The summed E-state index contributed by atoms with van der Waals surface area (Å²) in [6.07, 6.45) is 1.73. The third-order valence-corrected chi connectivity index (χ3v) is 6.73. The molecule has 1 amide bonds. The molecule has 4 aliphatic carbocycles. The normalized spacial score (nSPS) is 34.7. The van der Waals surface area contributed by atoms with Crippen LogP contribution in [0.1, 0.15) is 56.1 Å². The molecule has 0 heterocycles. The van der Waals surface area contributed by atoms with Crippen molar-refractivity contribution in [3.63, 3.8) is 0 Å². The maximum atomic E-state index is 13.0. The van der Waals surface area contributed by atoms with Crippen LogP contribution >= 0.6 is 0 Å². The van der Waals surface area contributed by atoms with Crippen LogP contribution in [0.2, 0.25) is 0 Å². The van der Waals surface area contributed by atoms with Gasteiger partial charge in [0.25, 0.3) is 0 Å². The lowest BCUT2D eigenvalue weighted by atomic mass is 9.47. The van der Waals surface area contributed by atoms with Gasteiger partial charge in [-0.15, -0.1) is 0 Å². The van der Waals surface area contributed by atoms with Crippen LogP contribution in [0.3, 0.4) is 0 Å². The van der Waals surface area contributed by atoms with Crippen LogP contribution in [0, 0.1) is 17.3 Å². The first-order chi connectivity index (χ1) is 12.7. The average molecular weight is 381 g/mol. The maximum absolute atomic E-state index is 13.0. The number of amides is 1. The maximum Gasteiger partial charge on any atom is 0.416 e. The first kappa shape index (κ1) is 18.8. The topological polar surface area (TPSA) is 49.3 Å². The fraction of sp³-hybridized carbons (Fsp3) is 0.667. The van der Waals surface area contributed by atoms with Crippen LogP contribution in [0.15, 0.2) is 24.3 Å². The summed E-state index contributed by atoms with van der Waals surface area (Å²) in [6.45, 7) is 0.194. The van der Waals surface area contributed by atoms with Crippen LogP contribution in [0.25, 0.3) is 0 Å². The minimum atomic E-state index is -4.38. The Morgan fingerprint density at radius 2 is 1.81 bits per heavy atom. The second kappa shape index (κ2) is 6.50. The lowest BCUT2D eigenvalue weighted by Gasteiger charge is -2.60. The molecule has 0 radical (unpaired) electrons. The number of hydrogen-bond acceptors (Lipinski definition) is 2. The monoisotopic (exact) mass is 381 g/mol. The van der Waals surface area contributed by atoms with E-state index in [1.165, 1.54) is 18.6 Å². The summed E-state index contributed by atoms with van der Waals surface area (Å²) < 4.78 is 39.1. The summed E-state index contributed by atoms with van der Waals surface area (Å²) in [6, 6.07) is 5.50. The molecule has 148 valence electrons. The molecule has 4 fully saturated rings. The zero-order valence-corrected chi connectivity index (χ0v) is 15.3. The van der Waals surface area contributed by atoms with E-state index >= 15 is 0 Å². The van der Waals surface area contributed by atoms with Gasteiger partial charge in [-0.25, -0.2) is 0 Å². The first-order valence-corrected chi connectivity index (χ1v) is 9.81. The standard InChI is InChI=1S/C21H26F3NO2/c22-21(23,24)17-4-2-1-3-16(17)5-6-25-18(26)12-19-8-14-7-15(9-19)11-20(27,10-14)13-19/h1-4,14-15,27H,5-13H2,(H,25,26)/t14-,15+,19?,20?. The minimum absolute atomic E-state index is 0.106. The van der Waals surface area contributed by atoms with Gasteiger partial charge in [-0.1, -0.05) is 18.2 Å². The van der Waals surface area contributed by atoms with Crippen LogP contribution in [0.4, 0.5) is 13.2 Å². The molecule has 0 spiro atoms. The predicted octanol–water partition coefficient (Wildman–Crippen LogP) is 4.09. The van der Waals surface area contributed by atoms with E-state index in [1.807, 2.05) is 0 Å². The van der Waals surface area contributed by atoms with Gasteiger partial charge >= 0.3 is 6.18 Å². The van der Waals surface area contributed by atoms with Gasteiger partial charge in [-0.3, -0.25) is 4.79 Å². The molecule has 2 unspecified atom stereocenters. The summed E-state index contributed by atoms with van der Waals surface area (Å²) >= 11 is 0. The number of rotatable bonds is 5. The third-order valence-electron chi connectivity index (χ3n) is 6.73. The zero-order valence-electron chi connectivity index (χ0n) is 15.3. The van der Waals surface area contributed by atoms with Crippen molar-refractivity contribution < 1.29 is 23.1 Å². The Bertz CT molecular complexity index is 716. The molecule has 27 heavy (non-hydrogen) atoms. The Kier molecular flexibility index (Phi) is 4.53. The highest BCUT2D eigenvalue weighted by molar-refractivity contribution is 5.76.